The van der Waals surface area contributed by atoms with Crippen LogP contribution in [0.15, 0.2) is 30.3 Å². The van der Waals surface area contributed by atoms with Crippen LogP contribution in [0.25, 0.3) is 0 Å². The maximum atomic E-state index is 13.4. The molecule has 1 N–H and O–H groups in total. The van der Waals surface area contributed by atoms with Gasteiger partial charge in [-0.1, -0.05) is 30.3 Å². The quantitative estimate of drug-likeness (QED) is 0.857. The molecule has 0 aromatic heterocycles. The van der Waals surface area contributed by atoms with Gasteiger partial charge in [0.15, 0.2) is 0 Å². The second-order valence-electron chi connectivity index (χ2n) is 6.78. The van der Waals surface area contributed by atoms with E-state index in [1.54, 1.807) is 23.1 Å². The van der Waals surface area contributed by atoms with E-state index < -0.39 is 24.4 Å². The van der Waals surface area contributed by atoms with Gasteiger partial charge >= 0.3 is 6.18 Å². The molecule has 0 radical (unpaired) electrons. The van der Waals surface area contributed by atoms with Crippen LogP contribution >= 0.6 is 12.4 Å². The molecule has 1 aromatic rings. The van der Waals surface area contributed by atoms with E-state index in [1.807, 2.05) is 0 Å². The summed E-state index contributed by atoms with van der Waals surface area (Å²) in [5.41, 5.74) is 0.154. The van der Waals surface area contributed by atoms with Gasteiger partial charge in [0.1, 0.15) is 0 Å². The lowest BCUT2D eigenvalue weighted by Crippen LogP contribution is -2.49. The van der Waals surface area contributed by atoms with Crippen LogP contribution in [0, 0.1) is 0 Å². The Hall–Kier alpha value is -1.31. The molecular weight excluding hydrogens is 367 g/mol. The van der Waals surface area contributed by atoms with Gasteiger partial charge in [-0.3, -0.25) is 9.69 Å². The fourth-order valence-corrected chi connectivity index (χ4v) is 3.73. The Labute approximate surface area is 158 Å². The lowest BCUT2D eigenvalue weighted by atomic mass is 9.94. The van der Waals surface area contributed by atoms with Crippen LogP contribution in [0.3, 0.4) is 0 Å². The highest BCUT2D eigenvalue weighted by atomic mass is 35.5. The van der Waals surface area contributed by atoms with Gasteiger partial charge in [0.2, 0.25) is 5.91 Å². The molecule has 4 nitrogen and oxygen atoms in total. The van der Waals surface area contributed by atoms with E-state index in [9.17, 15) is 18.0 Å². The first-order valence-corrected chi connectivity index (χ1v) is 8.79. The van der Waals surface area contributed by atoms with E-state index in [2.05, 4.69) is 10.2 Å². The highest BCUT2D eigenvalue weighted by Crippen LogP contribution is 2.38. The van der Waals surface area contributed by atoms with Gasteiger partial charge in [-0.25, -0.2) is 0 Å². The maximum absolute atomic E-state index is 13.4. The number of carbonyl (C=O) groups is 1. The van der Waals surface area contributed by atoms with E-state index in [1.165, 1.54) is 12.1 Å². The first kappa shape index (κ1) is 21.0. The van der Waals surface area contributed by atoms with Gasteiger partial charge < -0.3 is 10.2 Å². The molecule has 8 heteroatoms. The summed E-state index contributed by atoms with van der Waals surface area (Å²) in [6, 6.07) is 7.99. The predicted molar refractivity (Wildman–Crippen MR) is 96.5 cm³/mol. The Morgan fingerprint density at radius 1 is 1.15 bits per heavy atom. The number of rotatable bonds is 4. The van der Waals surface area contributed by atoms with E-state index in [4.69, 9.17) is 0 Å². The van der Waals surface area contributed by atoms with Crippen LogP contribution in [0.1, 0.15) is 24.3 Å². The summed E-state index contributed by atoms with van der Waals surface area (Å²) in [5.74, 6) is -2.14. The van der Waals surface area contributed by atoms with Crippen molar-refractivity contribution in [3.63, 3.8) is 0 Å². The normalized spacial score (nSPS) is 22.7. The molecule has 2 saturated heterocycles. The van der Waals surface area contributed by atoms with Crippen molar-refractivity contribution in [2.24, 2.45) is 0 Å². The van der Waals surface area contributed by atoms with Crippen molar-refractivity contribution in [3.05, 3.63) is 35.9 Å². The molecule has 3 rings (SSSR count). The van der Waals surface area contributed by atoms with E-state index in [-0.39, 0.29) is 24.0 Å². The largest absolute Gasteiger partial charge is 0.396 e. The number of piperazine rings is 1. The van der Waals surface area contributed by atoms with Crippen molar-refractivity contribution in [2.75, 3.05) is 39.3 Å². The second-order valence-corrected chi connectivity index (χ2v) is 6.78. The lowest BCUT2D eigenvalue weighted by molar-refractivity contribution is -0.160. The molecule has 26 heavy (non-hydrogen) atoms. The van der Waals surface area contributed by atoms with E-state index in [0.29, 0.717) is 13.1 Å². The number of hydrogen-bond donors (Lipinski definition) is 1. The second kappa shape index (κ2) is 9.06. The van der Waals surface area contributed by atoms with Crippen LogP contribution in [0.2, 0.25) is 0 Å². The Bertz CT molecular complexity index is 579. The highest BCUT2D eigenvalue weighted by molar-refractivity contribution is 5.85. The van der Waals surface area contributed by atoms with Crippen LogP contribution in [0.4, 0.5) is 13.2 Å². The van der Waals surface area contributed by atoms with Gasteiger partial charge in [-0.05, 0) is 12.0 Å². The smallest absolute Gasteiger partial charge is 0.341 e. The standard InChI is InChI=1S/C18H24F3N3O.ClH/c19-18(20,21)16(14-4-2-1-3-5-14)12-17(25)24-9-6-15(13-24)23-10-7-22-8-11-23;/h1-5,15-16,22H,6-13H2;1H. The van der Waals surface area contributed by atoms with Crippen LogP contribution < -0.4 is 5.32 Å². The van der Waals surface area contributed by atoms with Gasteiger partial charge in [-0.15, -0.1) is 12.4 Å². The van der Waals surface area contributed by atoms with Crippen molar-refractivity contribution in [1.29, 1.82) is 0 Å². The number of amides is 1. The molecule has 0 bridgehead atoms. The summed E-state index contributed by atoms with van der Waals surface area (Å²) in [7, 11) is 0. The fourth-order valence-electron chi connectivity index (χ4n) is 3.73. The minimum absolute atomic E-state index is 0. The molecule has 0 spiro atoms. The van der Waals surface area contributed by atoms with Gasteiger partial charge in [-0.2, -0.15) is 13.2 Å². The molecule has 1 amide bonds. The van der Waals surface area contributed by atoms with Gasteiger partial charge in [0, 0.05) is 51.7 Å². The zero-order valence-corrected chi connectivity index (χ0v) is 15.4. The Balaban J connectivity index is 0.00000243. The number of alkyl halides is 3. The average Bonchev–Trinajstić information content (AvgIpc) is 3.10. The van der Waals surface area contributed by atoms with E-state index in [0.717, 1.165) is 32.6 Å². The van der Waals surface area contributed by atoms with Crippen LogP contribution in [0.5, 0.6) is 0 Å². The summed E-state index contributed by atoms with van der Waals surface area (Å²) in [5, 5.41) is 3.29. The Morgan fingerprint density at radius 2 is 1.81 bits per heavy atom. The van der Waals surface area contributed by atoms with Gasteiger partial charge in [0.05, 0.1) is 5.92 Å². The minimum Gasteiger partial charge on any atom is -0.341 e. The summed E-state index contributed by atoms with van der Waals surface area (Å²) >= 11 is 0. The van der Waals surface area contributed by atoms with E-state index >= 15 is 0 Å². The highest BCUT2D eigenvalue weighted by Gasteiger charge is 2.43. The number of hydrogen-bond acceptors (Lipinski definition) is 3. The summed E-state index contributed by atoms with van der Waals surface area (Å²) in [6.45, 7) is 4.80. The molecule has 2 aliphatic heterocycles. The number of nitrogens with one attached hydrogen (secondary N) is 1. The lowest BCUT2D eigenvalue weighted by Gasteiger charge is -2.32. The maximum Gasteiger partial charge on any atom is 0.396 e. The van der Waals surface area contributed by atoms with Crippen molar-refractivity contribution >= 4 is 18.3 Å². The average molecular weight is 392 g/mol. The van der Waals surface area contributed by atoms with Crippen molar-refractivity contribution in [3.8, 4) is 0 Å². The number of nitrogens with zero attached hydrogens (tertiary/aromatic N) is 2. The molecule has 2 heterocycles. The Morgan fingerprint density at radius 3 is 2.42 bits per heavy atom. The molecule has 146 valence electrons. The SMILES string of the molecule is Cl.O=C(CC(c1ccccc1)C(F)(F)F)N1CCC(N2CCNCC2)C1. The third kappa shape index (κ3) is 5.11. The van der Waals surface area contributed by atoms with Crippen molar-refractivity contribution < 1.29 is 18.0 Å². The summed E-state index contributed by atoms with van der Waals surface area (Å²) in [6.07, 6.45) is -4.09. The molecule has 2 unspecified atom stereocenters. The number of benzene rings is 1. The molecule has 2 atom stereocenters. The number of halogens is 4. The van der Waals surface area contributed by atoms with Gasteiger partial charge in [0.25, 0.3) is 0 Å². The topological polar surface area (TPSA) is 35.6 Å². The molecule has 2 fully saturated rings. The zero-order chi connectivity index (χ0) is 17.9. The predicted octanol–water partition coefficient (Wildman–Crippen LogP) is 2.65. The third-order valence-corrected chi connectivity index (χ3v) is 5.16. The third-order valence-electron chi connectivity index (χ3n) is 5.16. The number of likely N-dealkylation sites (tertiary alicyclic amines) is 1. The van der Waals surface area contributed by atoms with Crippen LogP contribution in [-0.2, 0) is 4.79 Å². The first-order chi connectivity index (χ1) is 11.9. The molecule has 0 aliphatic carbocycles. The van der Waals surface area contributed by atoms with Crippen molar-refractivity contribution in [1.82, 2.24) is 15.1 Å². The summed E-state index contributed by atoms with van der Waals surface area (Å²) in [4.78, 5) is 16.4. The molecule has 0 saturated carbocycles. The monoisotopic (exact) mass is 391 g/mol. The Kier molecular flexibility index (Phi) is 7.32. The molecule has 1 aromatic carbocycles. The van der Waals surface area contributed by atoms with Crippen molar-refractivity contribution in [2.45, 2.75) is 31.0 Å². The van der Waals surface area contributed by atoms with Crippen LogP contribution in [-0.4, -0.2) is 67.2 Å². The fraction of sp³-hybridized carbons (Fsp3) is 0.611. The number of carbonyl (C=O) groups excluding carboxylic acids is 1. The zero-order valence-electron chi connectivity index (χ0n) is 14.5. The molecule has 2 aliphatic rings. The summed E-state index contributed by atoms with van der Waals surface area (Å²) < 4.78 is 40.3. The first-order valence-electron chi connectivity index (χ1n) is 8.79. The minimum atomic E-state index is -4.42. The molecular formula is C18H25ClF3N3O.